The molecule has 4 rings (SSSR count). The van der Waals surface area contributed by atoms with E-state index in [4.69, 9.17) is 22.1 Å². The largest absolute Gasteiger partial charge is 0.416 e. The summed E-state index contributed by atoms with van der Waals surface area (Å²) in [5.74, 6) is -1.03. The van der Waals surface area contributed by atoms with Crippen molar-refractivity contribution in [3.63, 3.8) is 0 Å². The van der Waals surface area contributed by atoms with Crippen LogP contribution in [0.4, 0.5) is 34.9 Å². The van der Waals surface area contributed by atoms with Crippen molar-refractivity contribution in [1.29, 1.82) is 0 Å². The number of likely N-dealkylation sites (tertiary alicyclic amines) is 1. The second-order valence-electron chi connectivity index (χ2n) is 8.24. The maximum Gasteiger partial charge on any atom is 0.416 e. The lowest BCUT2D eigenvalue weighted by atomic mass is 9.97. The molecule has 1 aromatic heterocycles. The zero-order valence-corrected chi connectivity index (χ0v) is 22.2. The van der Waals surface area contributed by atoms with Crippen LogP contribution in [0.1, 0.15) is 31.2 Å². The Morgan fingerprint density at radius 3 is 2.38 bits per heavy atom. The maximum absolute atomic E-state index is 14.4. The maximum atomic E-state index is 14.4. The molecule has 39 heavy (non-hydrogen) atoms. The normalized spacial score (nSPS) is 18.8. The average molecular weight is 574 g/mol. The summed E-state index contributed by atoms with van der Waals surface area (Å²) in [5, 5.41) is 2.86. The van der Waals surface area contributed by atoms with Crippen molar-refractivity contribution >= 4 is 41.6 Å². The minimum Gasteiger partial charge on any atom is -0.381 e. The van der Waals surface area contributed by atoms with Crippen LogP contribution in [0.25, 0.3) is 0 Å². The Kier molecular flexibility index (Phi) is 13.4. The summed E-state index contributed by atoms with van der Waals surface area (Å²) in [5.41, 5.74) is 9.32. The number of benzene rings is 1. The number of aromatic nitrogens is 2. The van der Waals surface area contributed by atoms with Gasteiger partial charge in [0.2, 0.25) is 11.7 Å². The summed E-state index contributed by atoms with van der Waals surface area (Å²) in [4.78, 5) is 32.4. The molecule has 0 radical (unpaired) electrons. The van der Waals surface area contributed by atoms with Gasteiger partial charge < -0.3 is 31.4 Å². The fourth-order valence-electron chi connectivity index (χ4n) is 4.43. The van der Waals surface area contributed by atoms with E-state index in [-0.39, 0.29) is 34.3 Å². The first kappa shape index (κ1) is 33.4. The van der Waals surface area contributed by atoms with Gasteiger partial charge in [0.15, 0.2) is 11.6 Å². The van der Waals surface area contributed by atoms with E-state index in [0.717, 1.165) is 25.0 Å². The highest BCUT2D eigenvalue weighted by molar-refractivity contribution is 6.31. The number of carbonyl (C=O) groups is 2. The number of anilines is 3. The molecule has 9 nitrogen and oxygen atoms in total. The van der Waals surface area contributed by atoms with Gasteiger partial charge in [0.1, 0.15) is 19.2 Å². The summed E-state index contributed by atoms with van der Waals surface area (Å²) in [6.07, 6.45) is 7.27. The van der Waals surface area contributed by atoms with Gasteiger partial charge in [0.05, 0.1) is 5.56 Å². The Bertz CT molecular complexity index is 1100. The van der Waals surface area contributed by atoms with Crippen LogP contribution in [0, 0.1) is 18.7 Å². The fourth-order valence-corrected chi connectivity index (χ4v) is 4.66. The highest BCUT2D eigenvalue weighted by Crippen LogP contribution is 2.34. The molecule has 2 fully saturated rings. The molecule has 1 amide bonds. The van der Waals surface area contributed by atoms with E-state index in [1.54, 1.807) is 9.80 Å². The van der Waals surface area contributed by atoms with Crippen LogP contribution >= 0.6 is 11.6 Å². The van der Waals surface area contributed by atoms with Crippen LogP contribution in [-0.2, 0) is 15.8 Å². The second-order valence-corrected chi connectivity index (χ2v) is 8.67. The first-order valence-electron chi connectivity index (χ1n) is 11.8. The van der Waals surface area contributed by atoms with Crippen molar-refractivity contribution < 1.29 is 27.2 Å². The highest BCUT2D eigenvalue weighted by atomic mass is 35.5. The molecule has 14 heteroatoms. The summed E-state index contributed by atoms with van der Waals surface area (Å²) in [6, 6.07) is 2.30. The van der Waals surface area contributed by atoms with Crippen molar-refractivity contribution in [2.24, 2.45) is 5.73 Å². The molecular weight excluding hydrogens is 542 g/mol. The SMILES string of the molecule is C#C.C=O.CN.Nc1ncnc(N2CCC[C@@H](N3CCC[C@@H](Nc4cc(Cl)cc(C(F)(F)F)c4)C3=O)C2)c1F. The van der Waals surface area contributed by atoms with Gasteiger partial charge in [-0.1, -0.05) is 11.6 Å². The van der Waals surface area contributed by atoms with Gasteiger partial charge in [-0.3, -0.25) is 4.79 Å². The number of nitrogen functional groups attached to an aromatic ring is 1. The first-order valence-corrected chi connectivity index (χ1v) is 12.2. The van der Waals surface area contributed by atoms with Gasteiger partial charge >= 0.3 is 6.18 Å². The standard InChI is InChI=1S/C21H23ClF4N6O.C2H2.CH5N.CH2O/c22-13-7-12(21(24,25)26)8-14(9-13)30-16-4-2-6-32(20(16)33)15-3-1-5-31(10-15)19-17(23)18(27)28-11-29-19;3*1-2/h7-9,11,15-16,30H,1-6,10H2,(H2,27,28,29);1-2H;2H2,1H3;1H2/t15-,16-;;;/m1.../s1. The van der Waals surface area contributed by atoms with Crippen molar-refractivity contribution in [3.05, 3.63) is 40.9 Å². The predicted octanol–water partition coefficient (Wildman–Crippen LogP) is 3.58. The third-order valence-electron chi connectivity index (χ3n) is 5.97. The second kappa shape index (κ2) is 15.7. The van der Waals surface area contributed by atoms with Gasteiger partial charge in [0, 0.05) is 36.4 Å². The number of terminal acetylenes is 1. The number of rotatable bonds is 4. The first-order chi connectivity index (χ1) is 18.6. The number of hydrogen-bond acceptors (Lipinski definition) is 8. The van der Waals surface area contributed by atoms with Crippen LogP contribution in [-0.4, -0.2) is 66.3 Å². The minimum atomic E-state index is -4.55. The monoisotopic (exact) mass is 573 g/mol. The molecule has 0 bridgehead atoms. The van der Waals surface area contributed by atoms with Crippen molar-refractivity contribution in [2.45, 2.75) is 43.9 Å². The minimum absolute atomic E-state index is 0.0680. The number of alkyl halides is 3. The Morgan fingerprint density at radius 2 is 1.74 bits per heavy atom. The van der Waals surface area contributed by atoms with Gasteiger partial charge in [-0.25, -0.2) is 9.97 Å². The van der Waals surface area contributed by atoms with E-state index in [0.29, 0.717) is 32.5 Å². The molecule has 2 atom stereocenters. The number of hydrogen-bond donors (Lipinski definition) is 3. The molecule has 3 heterocycles. The van der Waals surface area contributed by atoms with Crippen LogP contribution in [0.15, 0.2) is 24.5 Å². The van der Waals surface area contributed by atoms with E-state index < -0.39 is 23.6 Å². The summed E-state index contributed by atoms with van der Waals surface area (Å²) in [7, 11) is 1.50. The van der Waals surface area contributed by atoms with Crippen molar-refractivity contribution in [3.8, 4) is 12.8 Å². The topological polar surface area (TPSA) is 130 Å². The van der Waals surface area contributed by atoms with Crippen LogP contribution in [0.2, 0.25) is 5.02 Å². The fraction of sp³-hybridized carbons (Fsp3) is 0.440. The molecule has 2 aromatic rings. The van der Waals surface area contributed by atoms with E-state index in [1.165, 1.54) is 19.4 Å². The summed E-state index contributed by atoms with van der Waals surface area (Å²) in [6.45, 7) is 3.46. The number of halogens is 5. The third-order valence-corrected chi connectivity index (χ3v) is 6.19. The molecule has 0 unspecified atom stereocenters. The van der Waals surface area contributed by atoms with Crippen LogP contribution in [0.3, 0.4) is 0 Å². The smallest absolute Gasteiger partial charge is 0.381 e. The number of nitrogens with one attached hydrogen (secondary N) is 1. The van der Waals surface area contributed by atoms with Gasteiger partial charge in [-0.2, -0.15) is 17.6 Å². The summed E-state index contributed by atoms with van der Waals surface area (Å²) < 4.78 is 53.8. The van der Waals surface area contributed by atoms with E-state index in [2.05, 4.69) is 33.9 Å². The number of nitrogens with zero attached hydrogens (tertiary/aromatic N) is 4. The van der Waals surface area contributed by atoms with Crippen molar-refractivity contribution in [2.75, 3.05) is 42.6 Å². The molecule has 0 aliphatic carbocycles. The van der Waals surface area contributed by atoms with Crippen molar-refractivity contribution in [1.82, 2.24) is 14.9 Å². The Labute approximate surface area is 229 Å². The Morgan fingerprint density at radius 1 is 1.10 bits per heavy atom. The zero-order chi connectivity index (χ0) is 29.8. The lowest BCUT2D eigenvalue weighted by Gasteiger charge is -2.43. The molecule has 5 N–H and O–H groups in total. The van der Waals surface area contributed by atoms with E-state index >= 15 is 0 Å². The molecule has 0 saturated carbocycles. The van der Waals surface area contributed by atoms with Crippen LogP contribution in [0.5, 0.6) is 0 Å². The number of nitrogens with two attached hydrogens (primary N) is 2. The van der Waals surface area contributed by atoms with E-state index in [9.17, 15) is 22.4 Å². The molecule has 1 aromatic carbocycles. The molecule has 214 valence electrons. The molecular formula is C25H32ClF4N7O2. The lowest BCUT2D eigenvalue weighted by molar-refractivity contribution is -0.137. The highest BCUT2D eigenvalue weighted by Gasteiger charge is 2.37. The van der Waals surface area contributed by atoms with E-state index in [1.807, 2.05) is 6.79 Å². The Hall–Kier alpha value is -3.63. The van der Waals surface area contributed by atoms with Gasteiger partial charge in [-0.05, 0) is 50.9 Å². The molecule has 2 aliphatic rings. The lowest BCUT2D eigenvalue weighted by Crippen LogP contribution is -2.56. The number of piperidine rings is 2. The molecule has 2 aliphatic heterocycles. The molecule has 2 saturated heterocycles. The van der Waals surface area contributed by atoms with Gasteiger partial charge in [-0.15, -0.1) is 12.8 Å². The third kappa shape index (κ3) is 8.69. The molecule has 0 spiro atoms. The van der Waals surface area contributed by atoms with Crippen LogP contribution < -0.4 is 21.7 Å². The summed E-state index contributed by atoms with van der Waals surface area (Å²) >= 11 is 5.87. The predicted molar refractivity (Wildman–Crippen MR) is 144 cm³/mol. The zero-order valence-electron chi connectivity index (χ0n) is 21.4. The quantitative estimate of drug-likeness (QED) is 0.374. The number of amides is 1. The number of carbonyl (C=O) groups excluding carboxylic acids is 2. The average Bonchev–Trinajstić information content (AvgIpc) is 2.94. The Balaban J connectivity index is 0.00000119. The van der Waals surface area contributed by atoms with Gasteiger partial charge in [0.25, 0.3) is 0 Å².